The number of sulfonamides is 1. The molecule has 25 heavy (non-hydrogen) atoms. The highest BCUT2D eigenvalue weighted by molar-refractivity contribution is 7.89. The quantitative estimate of drug-likeness (QED) is 0.827. The van der Waals surface area contributed by atoms with E-state index in [4.69, 9.17) is 0 Å². The first-order chi connectivity index (χ1) is 11.4. The van der Waals surface area contributed by atoms with Crippen molar-refractivity contribution in [3.63, 3.8) is 0 Å². The Morgan fingerprint density at radius 3 is 2.72 bits per heavy atom. The lowest BCUT2D eigenvalue weighted by Crippen LogP contribution is -2.39. The van der Waals surface area contributed by atoms with Crippen LogP contribution in [0.25, 0.3) is 0 Å². The maximum atomic E-state index is 12.8. The Bertz CT molecular complexity index is 848. The molecule has 0 fully saturated rings. The minimum Gasteiger partial charge on any atom is -0.308 e. The number of fused-ring (bicyclic) bond motifs is 1. The van der Waals surface area contributed by atoms with E-state index in [1.807, 2.05) is 19.1 Å². The zero-order valence-electron chi connectivity index (χ0n) is 14.7. The highest BCUT2D eigenvalue weighted by Gasteiger charge is 2.26. The van der Waals surface area contributed by atoms with Gasteiger partial charge in [0.15, 0.2) is 0 Å². The molecule has 8 heteroatoms. The van der Waals surface area contributed by atoms with Crippen LogP contribution in [0.15, 0.2) is 29.2 Å². The van der Waals surface area contributed by atoms with Crippen LogP contribution in [0.4, 0.5) is 0 Å². The summed E-state index contributed by atoms with van der Waals surface area (Å²) in [4.78, 5) is 0.299. The van der Waals surface area contributed by atoms with Crippen molar-refractivity contribution in [1.29, 1.82) is 0 Å². The van der Waals surface area contributed by atoms with Crippen LogP contribution in [0.2, 0.25) is 0 Å². The SMILES string of the molecule is CCn1nc(C)c(S(=O)(=O)NCC2NCCc3ccccc32)c1C.Cl. The fourth-order valence-corrected chi connectivity index (χ4v) is 4.87. The molecule has 0 bridgehead atoms. The van der Waals surface area contributed by atoms with Gasteiger partial charge in [0.25, 0.3) is 0 Å². The molecular weight excluding hydrogens is 360 g/mol. The van der Waals surface area contributed by atoms with Crippen molar-refractivity contribution >= 4 is 22.4 Å². The Morgan fingerprint density at radius 2 is 2.04 bits per heavy atom. The van der Waals surface area contributed by atoms with Gasteiger partial charge in [-0.05, 0) is 44.9 Å². The van der Waals surface area contributed by atoms with Crippen LogP contribution >= 0.6 is 12.4 Å². The van der Waals surface area contributed by atoms with E-state index in [0.717, 1.165) is 13.0 Å². The molecule has 138 valence electrons. The first kappa shape index (κ1) is 19.9. The highest BCUT2D eigenvalue weighted by Crippen LogP contribution is 2.23. The van der Waals surface area contributed by atoms with Gasteiger partial charge in [0.05, 0.1) is 11.4 Å². The van der Waals surface area contributed by atoms with E-state index in [-0.39, 0.29) is 18.4 Å². The number of aryl methyl sites for hydroxylation is 2. The predicted octanol–water partition coefficient (Wildman–Crippen LogP) is 2.11. The molecule has 1 aliphatic heterocycles. The van der Waals surface area contributed by atoms with Gasteiger partial charge in [0, 0.05) is 19.1 Å². The maximum Gasteiger partial charge on any atom is 0.244 e. The van der Waals surface area contributed by atoms with Crippen LogP contribution in [0.3, 0.4) is 0 Å². The lowest BCUT2D eigenvalue weighted by atomic mass is 9.95. The highest BCUT2D eigenvalue weighted by atomic mass is 35.5. The van der Waals surface area contributed by atoms with E-state index in [1.54, 1.807) is 18.5 Å². The molecule has 2 aromatic rings. The standard InChI is InChI=1S/C17H24N4O2S.ClH/c1-4-21-13(3)17(12(2)20-21)24(22,23)19-11-16-15-8-6-5-7-14(15)9-10-18-16;/h5-8,16,18-19H,4,9-11H2,1-3H3;1H. The molecule has 0 aliphatic carbocycles. The third kappa shape index (κ3) is 3.89. The molecule has 0 spiro atoms. The molecule has 1 aliphatic rings. The molecule has 2 N–H and O–H groups in total. The first-order valence-corrected chi connectivity index (χ1v) is 9.77. The summed E-state index contributed by atoms with van der Waals surface area (Å²) in [6.07, 6.45) is 0.973. The summed E-state index contributed by atoms with van der Waals surface area (Å²) in [5.41, 5.74) is 3.68. The molecular formula is C17H25ClN4O2S. The zero-order valence-corrected chi connectivity index (χ0v) is 16.4. The minimum absolute atomic E-state index is 0. The minimum atomic E-state index is -3.59. The second kappa shape index (κ2) is 7.86. The van der Waals surface area contributed by atoms with Gasteiger partial charge < -0.3 is 5.32 Å². The van der Waals surface area contributed by atoms with Crippen LogP contribution in [-0.2, 0) is 23.0 Å². The normalized spacial score (nSPS) is 17.0. The largest absolute Gasteiger partial charge is 0.308 e. The van der Waals surface area contributed by atoms with Crippen molar-refractivity contribution in [2.75, 3.05) is 13.1 Å². The van der Waals surface area contributed by atoms with Crippen molar-refractivity contribution in [2.45, 2.75) is 44.7 Å². The summed E-state index contributed by atoms with van der Waals surface area (Å²) in [7, 11) is -3.59. The third-order valence-corrected chi connectivity index (χ3v) is 6.25. The van der Waals surface area contributed by atoms with Crippen LogP contribution in [0.5, 0.6) is 0 Å². The fourth-order valence-electron chi connectivity index (χ4n) is 3.42. The molecule has 1 unspecified atom stereocenters. The Labute approximate surface area is 155 Å². The fraction of sp³-hybridized carbons (Fsp3) is 0.471. The van der Waals surface area contributed by atoms with E-state index in [0.29, 0.717) is 29.4 Å². The molecule has 1 atom stereocenters. The molecule has 3 rings (SSSR count). The Hall–Kier alpha value is -1.41. The lowest BCUT2D eigenvalue weighted by Gasteiger charge is -2.27. The Balaban J connectivity index is 0.00000225. The van der Waals surface area contributed by atoms with Crippen LogP contribution in [0.1, 0.15) is 35.5 Å². The molecule has 6 nitrogen and oxygen atoms in total. The predicted molar refractivity (Wildman–Crippen MR) is 101 cm³/mol. The van der Waals surface area contributed by atoms with Gasteiger partial charge in [0.2, 0.25) is 10.0 Å². The number of hydrogen-bond donors (Lipinski definition) is 2. The number of halogens is 1. The Morgan fingerprint density at radius 1 is 1.32 bits per heavy atom. The topological polar surface area (TPSA) is 76.0 Å². The molecule has 0 saturated heterocycles. The molecule has 1 aromatic carbocycles. The first-order valence-electron chi connectivity index (χ1n) is 8.29. The van der Waals surface area contributed by atoms with Gasteiger partial charge in [0.1, 0.15) is 4.90 Å². The van der Waals surface area contributed by atoms with Gasteiger partial charge >= 0.3 is 0 Å². The lowest BCUT2D eigenvalue weighted by molar-refractivity contribution is 0.491. The van der Waals surface area contributed by atoms with E-state index in [1.165, 1.54) is 11.1 Å². The van der Waals surface area contributed by atoms with E-state index >= 15 is 0 Å². The number of hydrogen-bond acceptors (Lipinski definition) is 4. The monoisotopic (exact) mass is 384 g/mol. The van der Waals surface area contributed by atoms with Crippen LogP contribution in [-0.4, -0.2) is 31.3 Å². The molecule has 0 saturated carbocycles. The molecule has 0 amide bonds. The number of benzene rings is 1. The summed E-state index contributed by atoms with van der Waals surface area (Å²) in [6.45, 7) is 7.32. The van der Waals surface area contributed by atoms with Gasteiger partial charge in [-0.2, -0.15) is 5.10 Å². The van der Waals surface area contributed by atoms with Gasteiger partial charge in [-0.15, -0.1) is 12.4 Å². The van der Waals surface area contributed by atoms with Crippen molar-refractivity contribution < 1.29 is 8.42 Å². The zero-order chi connectivity index (χ0) is 17.3. The van der Waals surface area contributed by atoms with Gasteiger partial charge in [-0.1, -0.05) is 24.3 Å². The van der Waals surface area contributed by atoms with Gasteiger partial charge in [-0.25, -0.2) is 13.1 Å². The third-order valence-electron chi connectivity index (χ3n) is 4.58. The second-order valence-electron chi connectivity index (χ2n) is 6.12. The van der Waals surface area contributed by atoms with Crippen molar-refractivity contribution in [3.8, 4) is 0 Å². The smallest absolute Gasteiger partial charge is 0.244 e. The van der Waals surface area contributed by atoms with Crippen molar-refractivity contribution in [1.82, 2.24) is 19.8 Å². The molecule has 0 radical (unpaired) electrons. The summed E-state index contributed by atoms with van der Waals surface area (Å²) in [5.74, 6) is 0. The molecule has 2 heterocycles. The van der Waals surface area contributed by atoms with E-state index in [9.17, 15) is 8.42 Å². The summed E-state index contributed by atoms with van der Waals surface area (Å²) in [5, 5.41) is 7.70. The van der Waals surface area contributed by atoms with E-state index in [2.05, 4.69) is 27.3 Å². The number of aromatic nitrogens is 2. The van der Waals surface area contributed by atoms with Crippen molar-refractivity contribution in [3.05, 3.63) is 46.8 Å². The van der Waals surface area contributed by atoms with Crippen molar-refractivity contribution in [2.24, 2.45) is 0 Å². The number of rotatable bonds is 5. The average Bonchev–Trinajstić information content (AvgIpc) is 2.87. The summed E-state index contributed by atoms with van der Waals surface area (Å²) >= 11 is 0. The van der Waals surface area contributed by atoms with Crippen LogP contribution in [0, 0.1) is 13.8 Å². The van der Waals surface area contributed by atoms with Crippen LogP contribution < -0.4 is 10.0 Å². The number of nitrogens with one attached hydrogen (secondary N) is 2. The maximum absolute atomic E-state index is 12.8. The summed E-state index contributed by atoms with van der Waals surface area (Å²) in [6, 6.07) is 8.18. The van der Waals surface area contributed by atoms with E-state index < -0.39 is 10.0 Å². The molecule has 1 aromatic heterocycles. The second-order valence-corrected chi connectivity index (χ2v) is 7.83. The number of nitrogens with zero attached hydrogens (tertiary/aromatic N) is 2. The summed E-state index contributed by atoms with van der Waals surface area (Å²) < 4.78 is 30.0. The average molecular weight is 385 g/mol. The Kier molecular flexibility index (Phi) is 6.26. The van der Waals surface area contributed by atoms with Gasteiger partial charge in [-0.3, -0.25) is 4.68 Å².